The van der Waals surface area contributed by atoms with Gasteiger partial charge in [0.15, 0.2) is 0 Å². The van der Waals surface area contributed by atoms with E-state index in [0.29, 0.717) is 5.94 Å². The van der Waals surface area contributed by atoms with Gasteiger partial charge in [-0.15, -0.1) is 48.8 Å². The molecule has 11 heteroatoms. The predicted octanol–water partition coefficient (Wildman–Crippen LogP) is 2.02. The molecule has 124 valence electrons. The first-order valence-corrected chi connectivity index (χ1v) is 9.37. The largest absolute Gasteiger partial charge is 0.509 e. The molecule has 7 nitrogen and oxygen atoms in total. The molecule has 0 fully saturated rings. The number of hydrogen-bond acceptors (Lipinski definition) is 11. The lowest BCUT2D eigenvalue weighted by atomic mass is 10.4. The van der Waals surface area contributed by atoms with Gasteiger partial charge in [0.1, 0.15) is 30.2 Å². The van der Waals surface area contributed by atoms with E-state index in [1.807, 2.05) is 6.26 Å². The lowest BCUT2D eigenvalue weighted by Gasteiger charge is -2.01. The van der Waals surface area contributed by atoms with Crippen molar-refractivity contribution in [3.8, 4) is 0 Å². The Balaban J connectivity index is 0. The summed E-state index contributed by atoms with van der Waals surface area (Å²) in [6, 6.07) is 0. The molecule has 0 bridgehead atoms. The monoisotopic (exact) mass is 378 g/mol. The molecule has 0 radical (unpaired) electrons. The standard InChI is InChI=1S/C6H10O4S2.C4H8O3S2/c1-12-4-10-6(8)2-5(7)9-3-11;1-9-3-7-4(5)6-2-8/h11H,2-4H2,1H3;8H,2-3H2,1H3. The molecule has 0 aliphatic carbocycles. The SMILES string of the molecule is CSCOC(=O)CC(=O)OCS.CSCOC(=O)OCS. The summed E-state index contributed by atoms with van der Waals surface area (Å²) in [6.07, 6.45) is 2.60. The van der Waals surface area contributed by atoms with Crippen LogP contribution in [-0.2, 0) is 28.5 Å². The number of esters is 2. The minimum Gasteiger partial charge on any atom is -0.454 e. The zero-order valence-electron chi connectivity index (χ0n) is 11.6. The number of carbonyl (C=O) groups excluding carboxylic acids is 3. The van der Waals surface area contributed by atoms with Gasteiger partial charge in [0.25, 0.3) is 0 Å². The molecule has 0 atom stereocenters. The molecule has 0 saturated carbocycles. The van der Waals surface area contributed by atoms with Crippen LogP contribution in [0.25, 0.3) is 0 Å². The van der Waals surface area contributed by atoms with Crippen molar-refractivity contribution in [1.82, 2.24) is 0 Å². The van der Waals surface area contributed by atoms with E-state index in [9.17, 15) is 14.4 Å². The van der Waals surface area contributed by atoms with Gasteiger partial charge in [-0.05, 0) is 12.5 Å². The van der Waals surface area contributed by atoms with Crippen molar-refractivity contribution in [3.05, 3.63) is 0 Å². The number of ether oxygens (including phenoxy) is 4. The molecule has 0 aromatic carbocycles. The summed E-state index contributed by atoms with van der Waals surface area (Å²) < 4.78 is 17.8. The highest BCUT2D eigenvalue weighted by Crippen LogP contribution is 1.97. The first-order valence-electron chi connectivity index (χ1n) is 5.32. The number of rotatable bonds is 8. The van der Waals surface area contributed by atoms with Crippen LogP contribution in [0.15, 0.2) is 0 Å². The fourth-order valence-corrected chi connectivity index (χ4v) is 1.33. The number of hydrogen-bond donors (Lipinski definition) is 2. The molecule has 0 spiro atoms. The van der Waals surface area contributed by atoms with E-state index in [-0.39, 0.29) is 24.2 Å². The average Bonchev–Trinajstić information content (AvgIpc) is 2.44. The smallest absolute Gasteiger partial charge is 0.454 e. The molecule has 0 saturated heterocycles. The molecular formula is C10H18O7S4. The van der Waals surface area contributed by atoms with Gasteiger partial charge < -0.3 is 18.9 Å². The van der Waals surface area contributed by atoms with E-state index < -0.39 is 18.1 Å². The summed E-state index contributed by atoms with van der Waals surface area (Å²) in [5.74, 6) is -0.561. The Morgan fingerprint density at radius 2 is 1.29 bits per heavy atom. The van der Waals surface area contributed by atoms with Crippen LogP contribution < -0.4 is 0 Å². The van der Waals surface area contributed by atoms with Crippen LogP contribution in [-0.4, -0.2) is 54.4 Å². The van der Waals surface area contributed by atoms with Crippen LogP contribution >= 0.6 is 48.8 Å². The number of thioether (sulfide) groups is 2. The van der Waals surface area contributed by atoms with Crippen LogP contribution in [0.1, 0.15) is 6.42 Å². The molecule has 0 N–H and O–H groups in total. The van der Waals surface area contributed by atoms with Crippen molar-refractivity contribution < 1.29 is 33.3 Å². The number of carbonyl (C=O) groups is 3. The highest BCUT2D eigenvalue weighted by Gasteiger charge is 2.10. The second kappa shape index (κ2) is 17.7. The molecule has 0 unspecified atom stereocenters. The second-order valence-corrected chi connectivity index (χ2v) is 4.96. The lowest BCUT2D eigenvalue weighted by molar-refractivity contribution is -0.152. The van der Waals surface area contributed by atoms with E-state index in [0.717, 1.165) is 0 Å². The van der Waals surface area contributed by atoms with Gasteiger partial charge in [-0.25, -0.2) is 4.79 Å². The fraction of sp³-hybridized carbons (Fsp3) is 0.700. The van der Waals surface area contributed by atoms with Crippen LogP contribution in [0.4, 0.5) is 4.79 Å². The zero-order chi connectivity index (χ0) is 16.5. The van der Waals surface area contributed by atoms with Gasteiger partial charge in [0, 0.05) is 0 Å². The molecule has 0 aromatic rings. The van der Waals surface area contributed by atoms with E-state index in [2.05, 4.69) is 44.2 Å². The van der Waals surface area contributed by atoms with Gasteiger partial charge in [-0.1, -0.05) is 0 Å². The maximum absolute atomic E-state index is 10.7. The first-order chi connectivity index (χ1) is 10.0. The van der Waals surface area contributed by atoms with Gasteiger partial charge in [0.05, 0.1) is 0 Å². The summed E-state index contributed by atoms with van der Waals surface area (Å²) in [7, 11) is 0. The van der Waals surface area contributed by atoms with Crippen LogP contribution in [0.3, 0.4) is 0 Å². The van der Waals surface area contributed by atoms with E-state index in [1.165, 1.54) is 23.5 Å². The molecular weight excluding hydrogens is 360 g/mol. The van der Waals surface area contributed by atoms with Gasteiger partial charge in [-0.3, -0.25) is 9.59 Å². The van der Waals surface area contributed by atoms with Crippen molar-refractivity contribution in [1.29, 1.82) is 0 Å². The van der Waals surface area contributed by atoms with Crippen molar-refractivity contribution in [2.24, 2.45) is 0 Å². The molecule has 0 rings (SSSR count). The Hall–Kier alpha value is -0.390. The van der Waals surface area contributed by atoms with E-state index in [1.54, 1.807) is 6.26 Å². The van der Waals surface area contributed by atoms with Crippen molar-refractivity contribution in [2.75, 3.05) is 36.3 Å². The van der Waals surface area contributed by atoms with Crippen molar-refractivity contribution >= 4 is 66.9 Å². The van der Waals surface area contributed by atoms with Crippen LogP contribution in [0, 0.1) is 0 Å². The molecule has 0 aliphatic rings. The Kier molecular flexibility index (Phi) is 19.2. The normalized spacial score (nSPS) is 8.95. The minimum atomic E-state index is -0.667. The summed E-state index contributed by atoms with van der Waals surface area (Å²) in [4.78, 5) is 31.7. The van der Waals surface area contributed by atoms with Crippen LogP contribution in [0.5, 0.6) is 0 Å². The molecule has 0 heterocycles. The Morgan fingerprint density at radius 1 is 0.810 bits per heavy atom. The minimum absolute atomic E-state index is 0.0192. The quantitative estimate of drug-likeness (QED) is 0.216. The van der Waals surface area contributed by atoms with Gasteiger partial charge in [-0.2, -0.15) is 0 Å². The number of thiol groups is 2. The average molecular weight is 379 g/mol. The topological polar surface area (TPSA) is 88.1 Å². The highest BCUT2D eigenvalue weighted by atomic mass is 32.2. The maximum atomic E-state index is 10.7. The third kappa shape index (κ3) is 19.6. The van der Waals surface area contributed by atoms with Crippen molar-refractivity contribution in [2.45, 2.75) is 6.42 Å². The van der Waals surface area contributed by atoms with E-state index in [4.69, 9.17) is 0 Å². The molecule has 21 heavy (non-hydrogen) atoms. The molecule has 0 aliphatic heterocycles. The summed E-state index contributed by atoms with van der Waals surface area (Å²) in [5.41, 5.74) is 0. The van der Waals surface area contributed by atoms with Gasteiger partial charge >= 0.3 is 18.1 Å². The van der Waals surface area contributed by atoms with Crippen LogP contribution in [0.2, 0.25) is 0 Å². The predicted molar refractivity (Wildman–Crippen MR) is 88.8 cm³/mol. The summed E-state index contributed by atoms with van der Waals surface area (Å²) >= 11 is 10.1. The Morgan fingerprint density at radius 3 is 1.76 bits per heavy atom. The lowest BCUT2D eigenvalue weighted by Crippen LogP contribution is -2.13. The molecule has 0 amide bonds. The van der Waals surface area contributed by atoms with Crippen molar-refractivity contribution in [3.63, 3.8) is 0 Å². The molecule has 0 aromatic heterocycles. The zero-order valence-corrected chi connectivity index (χ0v) is 15.0. The van der Waals surface area contributed by atoms with E-state index >= 15 is 0 Å². The first kappa shape index (κ1) is 22.9. The fourth-order valence-electron chi connectivity index (χ4n) is 0.618. The third-order valence-corrected chi connectivity index (χ3v) is 2.29. The Bertz CT molecular complexity index is 301. The summed E-state index contributed by atoms with van der Waals surface area (Å²) in [6.45, 7) is 0. The highest BCUT2D eigenvalue weighted by molar-refractivity contribution is 7.98. The maximum Gasteiger partial charge on any atom is 0.509 e. The van der Waals surface area contributed by atoms with Gasteiger partial charge in [0.2, 0.25) is 0 Å². The second-order valence-electron chi connectivity index (χ2n) is 2.82. The summed E-state index contributed by atoms with van der Waals surface area (Å²) in [5, 5.41) is 0. The Labute approximate surface area is 143 Å². The third-order valence-electron chi connectivity index (χ3n) is 1.33.